The largest absolute Gasteiger partial charge is 0.480 e. The van der Waals surface area contributed by atoms with Crippen LogP contribution in [-0.2, 0) is 11.2 Å². The van der Waals surface area contributed by atoms with Gasteiger partial charge in [0.15, 0.2) is 0 Å². The normalized spacial score (nSPS) is 12.9. The van der Waals surface area contributed by atoms with Gasteiger partial charge in [0.2, 0.25) is 0 Å². The third kappa shape index (κ3) is 2.14. The van der Waals surface area contributed by atoms with Crippen LogP contribution in [0.25, 0.3) is 10.9 Å². The summed E-state index contributed by atoms with van der Waals surface area (Å²) in [5.41, 5.74) is 7.45. The fourth-order valence-electron chi connectivity index (χ4n) is 1.80. The van der Waals surface area contributed by atoms with E-state index in [1.807, 2.05) is 0 Å². The number of rotatable bonds is 3. The molecular weight excluding hydrogens is 223 g/mol. The standard InChI is InChI=1S/C12H13FN2O2/c1-6-2-8-7(3-10(14)12(16)17)5-15-11(8)4-9(6)13/h2,4-5,10,15H,3,14H2,1H3,(H,16,17)/t10-/m0/s1. The van der Waals surface area contributed by atoms with Gasteiger partial charge < -0.3 is 15.8 Å². The van der Waals surface area contributed by atoms with Gasteiger partial charge in [-0.1, -0.05) is 0 Å². The molecule has 0 amide bonds. The quantitative estimate of drug-likeness (QED) is 0.756. The van der Waals surface area contributed by atoms with Gasteiger partial charge in [0.1, 0.15) is 11.9 Å². The van der Waals surface area contributed by atoms with Crippen LogP contribution in [0.5, 0.6) is 0 Å². The molecule has 2 rings (SSSR count). The second kappa shape index (κ2) is 4.18. The maximum Gasteiger partial charge on any atom is 0.320 e. The smallest absolute Gasteiger partial charge is 0.320 e. The predicted molar refractivity (Wildman–Crippen MR) is 62.3 cm³/mol. The molecule has 2 aromatic rings. The summed E-state index contributed by atoms with van der Waals surface area (Å²) in [6, 6.07) is 2.16. The lowest BCUT2D eigenvalue weighted by Gasteiger charge is -2.05. The lowest BCUT2D eigenvalue weighted by Crippen LogP contribution is -2.32. The first kappa shape index (κ1) is 11.6. The number of carboxylic acid groups (broad SMARTS) is 1. The van der Waals surface area contributed by atoms with E-state index >= 15 is 0 Å². The summed E-state index contributed by atoms with van der Waals surface area (Å²) in [5, 5.41) is 9.58. The maximum atomic E-state index is 13.3. The number of hydrogen-bond acceptors (Lipinski definition) is 2. The SMILES string of the molecule is Cc1cc2c(C[C@H](N)C(=O)O)c[nH]c2cc1F. The van der Waals surface area contributed by atoms with Crippen molar-refractivity contribution in [3.05, 3.63) is 35.3 Å². The molecule has 1 heterocycles. The lowest BCUT2D eigenvalue weighted by atomic mass is 10.0. The van der Waals surface area contributed by atoms with Crippen molar-refractivity contribution in [3.63, 3.8) is 0 Å². The molecule has 4 nitrogen and oxygen atoms in total. The number of nitrogens with one attached hydrogen (secondary N) is 1. The topological polar surface area (TPSA) is 79.1 Å². The number of carboxylic acids is 1. The van der Waals surface area contributed by atoms with E-state index in [-0.39, 0.29) is 12.2 Å². The number of carbonyl (C=O) groups is 1. The van der Waals surface area contributed by atoms with Crippen LogP contribution in [0.15, 0.2) is 18.3 Å². The third-order valence-corrected chi connectivity index (χ3v) is 2.80. The molecule has 1 atom stereocenters. The molecule has 0 fully saturated rings. The molecule has 0 saturated carbocycles. The van der Waals surface area contributed by atoms with Crippen molar-refractivity contribution in [2.45, 2.75) is 19.4 Å². The number of halogens is 1. The molecule has 0 radical (unpaired) electrons. The van der Waals surface area contributed by atoms with Crippen LogP contribution < -0.4 is 5.73 Å². The number of aliphatic carboxylic acids is 1. The minimum Gasteiger partial charge on any atom is -0.480 e. The zero-order chi connectivity index (χ0) is 12.6. The molecular formula is C12H13FN2O2. The van der Waals surface area contributed by atoms with Crippen LogP contribution >= 0.6 is 0 Å². The highest BCUT2D eigenvalue weighted by Gasteiger charge is 2.15. The van der Waals surface area contributed by atoms with E-state index in [0.29, 0.717) is 11.1 Å². The van der Waals surface area contributed by atoms with Crippen molar-refractivity contribution in [2.75, 3.05) is 0 Å². The number of hydrogen-bond donors (Lipinski definition) is 3. The molecule has 4 N–H and O–H groups in total. The van der Waals surface area contributed by atoms with Crippen molar-refractivity contribution in [1.29, 1.82) is 0 Å². The summed E-state index contributed by atoms with van der Waals surface area (Å²) in [7, 11) is 0. The number of aromatic nitrogens is 1. The molecule has 1 aromatic carbocycles. The Morgan fingerprint density at radius 3 is 2.94 bits per heavy atom. The first-order valence-electron chi connectivity index (χ1n) is 5.23. The van der Waals surface area contributed by atoms with Crippen molar-refractivity contribution >= 4 is 16.9 Å². The molecule has 90 valence electrons. The van der Waals surface area contributed by atoms with E-state index in [1.54, 1.807) is 19.2 Å². The summed E-state index contributed by atoms with van der Waals surface area (Å²) in [6.07, 6.45) is 1.90. The van der Waals surface area contributed by atoms with Gasteiger partial charge in [0.25, 0.3) is 0 Å². The highest BCUT2D eigenvalue weighted by Crippen LogP contribution is 2.22. The van der Waals surface area contributed by atoms with Crippen LogP contribution in [0.2, 0.25) is 0 Å². The second-order valence-electron chi connectivity index (χ2n) is 4.11. The zero-order valence-corrected chi connectivity index (χ0v) is 9.33. The van der Waals surface area contributed by atoms with Crippen molar-refractivity contribution in [2.24, 2.45) is 5.73 Å². The van der Waals surface area contributed by atoms with E-state index in [2.05, 4.69) is 4.98 Å². The molecule has 0 bridgehead atoms. The number of aromatic amines is 1. The molecule has 0 saturated heterocycles. The van der Waals surface area contributed by atoms with Gasteiger partial charge in [-0.2, -0.15) is 0 Å². The maximum absolute atomic E-state index is 13.3. The minimum atomic E-state index is -1.04. The number of fused-ring (bicyclic) bond motifs is 1. The summed E-state index contributed by atoms with van der Waals surface area (Å²) < 4.78 is 13.3. The molecule has 1 aromatic heterocycles. The Balaban J connectivity index is 2.42. The lowest BCUT2D eigenvalue weighted by molar-refractivity contribution is -0.138. The van der Waals surface area contributed by atoms with E-state index in [4.69, 9.17) is 10.8 Å². The molecule has 5 heteroatoms. The van der Waals surface area contributed by atoms with Crippen LogP contribution in [0.4, 0.5) is 4.39 Å². The highest BCUT2D eigenvalue weighted by atomic mass is 19.1. The molecule has 0 aliphatic rings. The zero-order valence-electron chi connectivity index (χ0n) is 9.33. The minimum absolute atomic E-state index is 0.223. The van der Waals surface area contributed by atoms with Gasteiger partial charge in [-0.3, -0.25) is 4.79 Å². The van der Waals surface area contributed by atoms with Crippen LogP contribution in [-0.4, -0.2) is 22.1 Å². The van der Waals surface area contributed by atoms with E-state index in [0.717, 1.165) is 10.9 Å². The fraction of sp³-hybridized carbons (Fsp3) is 0.250. The van der Waals surface area contributed by atoms with Crippen molar-refractivity contribution in [3.8, 4) is 0 Å². The summed E-state index contributed by atoms with van der Waals surface area (Å²) >= 11 is 0. The monoisotopic (exact) mass is 236 g/mol. The number of H-pyrrole nitrogens is 1. The van der Waals surface area contributed by atoms with Crippen molar-refractivity contribution in [1.82, 2.24) is 4.98 Å². The number of benzene rings is 1. The van der Waals surface area contributed by atoms with E-state index in [9.17, 15) is 9.18 Å². The first-order chi connectivity index (χ1) is 7.99. The van der Waals surface area contributed by atoms with Gasteiger partial charge in [-0.05, 0) is 30.2 Å². The Labute approximate surface area is 97.2 Å². The molecule has 0 aliphatic heterocycles. The number of nitrogens with two attached hydrogens (primary N) is 1. The Kier molecular flexibility index (Phi) is 2.85. The highest BCUT2D eigenvalue weighted by molar-refractivity contribution is 5.85. The van der Waals surface area contributed by atoms with Gasteiger partial charge in [0.05, 0.1) is 0 Å². The fourth-order valence-corrected chi connectivity index (χ4v) is 1.80. The predicted octanol–water partition coefficient (Wildman–Crippen LogP) is 1.57. The van der Waals surface area contributed by atoms with Crippen LogP contribution in [0, 0.1) is 12.7 Å². The Hall–Kier alpha value is -1.88. The Bertz CT molecular complexity index is 577. The van der Waals surface area contributed by atoms with Gasteiger partial charge in [-0.15, -0.1) is 0 Å². The summed E-state index contributed by atoms with van der Waals surface area (Å²) in [5.74, 6) is -1.33. The average molecular weight is 236 g/mol. The van der Waals surface area contributed by atoms with Crippen LogP contribution in [0.1, 0.15) is 11.1 Å². The molecule has 0 spiro atoms. The van der Waals surface area contributed by atoms with E-state index in [1.165, 1.54) is 6.07 Å². The van der Waals surface area contributed by atoms with E-state index < -0.39 is 12.0 Å². The van der Waals surface area contributed by atoms with Gasteiger partial charge >= 0.3 is 5.97 Å². The molecule has 17 heavy (non-hydrogen) atoms. The average Bonchev–Trinajstić information content (AvgIpc) is 2.62. The van der Waals surface area contributed by atoms with Crippen LogP contribution in [0.3, 0.4) is 0 Å². The Morgan fingerprint density at radius 2 is 2.29 bits per heavy atom. The summed E-state index contributed by atoms with van der Waals surface area (Å²) in [4.78, 5) is 13.6. The van der Waals surface area contributed by atoms with Gasteiger partial charge in [0, 0.05) is 23.5 Å². The molecule has 0 aliphatic carbocycles. The number of aryl methyl sites for hydroxylation is 1. The van der Waals surface area contributed by atoms with Crippen molar-refractivity contribution < 1.29 is 14.3 Å². The molecule has 0 unspecified atom stereocenters. The first-order valence-corrected chi connectivity index (χ1v) is 5.23. The van der Waals surface area contributed by atoms with Gasteiger partial charge in [-0.25, -0.2) is 4.39 Å². The second-order valence-corrected chi connectivity index (χ2v) is 4.11. The third-order valence-electron chi connectivity index (χ3n) is 2.80. The summed E-state index contributed by atoms with van der Waals surface area (Å²) in [6.45, 7) is 1.67. The Morgan fingerprint density at radius 1 is 1.59 bits per heavy atom.